The Hall–Kier alpha value is -1.52. The van der Waals surface area contributed by atoms with E-state index in [0.29, 0.717) is 6.54 Å². The van der Waals surface area contributed by atoms with Crippen LogP contribution < -0.4 is 17.1 Å². The van der Waals surface area contributed by atoms with Crippen molar-refractivity contribution in [1.29, 1.82) is 0 Å². The molecule has 0 saturated heterocycles. The minimum atomic E-state index is -0.457. The predicted molar refractivity (Wildman–Crippen MR) is 50.0 cm³/mol. The van der Waals surface area contributed by atoms with E-state index in [9.17, 15) is 9.59 Å². The third kappa shape index (κ3) is 1.99. The molecule has 5 nitrogen and oxygen atoms in total. The Labute approximate surface area is 75.4 Å². The zero-order chi connectivity index (χ0) is 9.84. The molecule has 13 heavy (non-hydrogen) atoms. The number of aromatic nitrogens is 2. The first kappa shape index (κ1) is 9.57. The number of unbranched alkanes of at least 4 members (excludes halogenated alkanes) is 1. The molecule has 1 aromatic rings. The van der Waals surface area contributed by atoms with E-state index in [2.05, 4.69) is 0 Å². The molecule has 1 heterocycles. The van der Waals surface area contributed by atoms with Gasteiger partial charge in [0.05, 0.1) is 0 Å². The second-order valence-corrected chi connectivity index (χ2v) is 2.85. The topological polar surface area (TPSA) is 70.0 Å². The van der Waals surface area contributed by atoms with Crippen molar-refractivity contribution in [3.63, 3.8) is 0 Å². The van der Waals surface area contributed by atoms with Crippen LogP contribution in [0.1, 0.15) is 19.8 Å². The minimum absolute atomic E-state index is 0.292. The first-order valence-corrected chi connectivity index (χ1v) is 4.24. The van der Waals surface area contributed by atoms with Gasteiger partial charge in [-0.05, 0) is 6.42 Å². The molecule has 1 rings (SSSR count). The lowest BCUT2D eigenvalue weighted by atomic mass is 10.3. The lowest BCUT2D eigenvalue weighted by Crippen LogP contribution is -2.41. The fourth-order valence-corrected chi connectivity index (χ4v) is 1.05. The normalized spacial score (nSPS) is 10.2. The Morgan fingerprint density at radius 2 is 2.15 bits per heavy atom. The highest BCUT2D eigenvalue weighted by Gasteiger charge is 2.01. The number of nitrogens with two attached hydrogens (primary N) is 1. The molecule has 0 aliphatic carbocycles. The molecular weight excluding hydrogens is 170 g/mol. The minimum Gasteiger partial charge on any atom is -0.335 e. The van der Waals surface area contributed by atoms with Crippen molar-refractivity contribution in [2.24, 2.45) is 0 Å². The van der Waals surface area contributed by atoms with Gasteiger partial charge in [0, 0.05) is 18.8 Å². The largest absolute Gasteiger partial charge is 0.349 e. The molecule has 0 aromatic carbocycles. The van der Waals surface area contributed by atoms with Gasteiger partial charge in [-0.1, -0.05) is 13.3 Å². The summed E-state index contributed by atoms with van der Waals surface area (Å²) in [7, 11) is 0. The predicted octanol–water partition coefficient (Wildman–Crippen LogP) is -0.476. The van der Waals surface area contributed by atoms with Crippen molar-refractivity contribution >= 4 is 0 Å². The van der Waals surface area contributed by atoms with Crippen LogP contribution in [-0.2, 0) is 6.54 Å². The van der Waals surface area contributed by atoms with Gasteiger partial charge in [0.15, 0.2) is 0 Å². The van der Waals surface area contributed by atoms with Gasteiger partial charge in [-0.15, -0.1) is 0 Å². The number of hydrogen-bond acceptors (Lipinski definition) is 3. The summed E-state index contributed by atoms with van der Waals surface area (Å²) in [6.07, 6.45) is 3.01. The van der Waals surface area contributed by atoms with Crippen LogP contribution in [0.4, 0.5) is 0 Å². The van der Waals surface area contributed by atoms with Crippen LogP contribution in [0.2, 0.25) is 0 Å². The molecule has 0 aliphatic heterocycles. The fraction of sp³-hybridized carbons (Fsp3) is 0.500. The van der Waals surface area contributed by atoms with Gasteiger partial charge >= 0.3 is 5.69 Å². The maximum atomic E-state index is 11.3. The van der Waals surface area contributed by atoms with Crippen LogP contribution in [0.5, 0.6) is 0 Å². The fourth-order valence-electron chi connectivity index (χ4n) is 1.05. The first-order chi connectivity index (χ1) is 6.16. The number of nitrogens with zero attached hydrogens (tertiary/aromatic N) is 2. The van der Waals surface area contributed by atoms with E-state index in [1.54, 1.807) is 0 Å². The molecule has 0 bridgehead atoms. The molecule has 0 saturated carbocycles. The van der Waals surface area contributed by atoms with E-state index in [4.69, 9.17) is 5.84 Å². The summed E-state index contributed by atoms with van der Waals surface area (Å²) in [5.74, 6) is 5.31. The third-order valence-electron chi connectivity index (χ3n) is 1.83. The first-order valence-electron chi connectivity index (χ1n) is 4.24. The van der Waals surface area contributed by atoms with Gasteiger partial charge in [-0.25, -0.2) is 9.47 Å². The van der Waals surface area contributed by atoms with Crippen LogP contribution in [0.3, 0.4) is 0 Å². The van der Waals surface area contributed by atoms with Crippen molar-refractivity contribution < 1.29 is 0 Å². The summed E-state index contributed by atoms with van der Waals surface area (Å²) in [6.45, 7) is 2.43. The number of hydrogen-bond donors (Lipinski definition) is 1. The molecule has 0 spiro atoms. The van der Waals surface area contributed by atoms with Gasteiger partial charge < -0.3 is 5.84 Å². The van der Waals surface area contributed by atoms with E-state index in [-0.39, 0.29) is 5.56 Å². The average Bonchev–Trinajstić information content (AvgIpc) is 2.12. The Balaban J connectivity index is 3.11. The summed E-state index contributed by atoms with van der Waals surface area (Å²) in [5, 5.41) is 0. The molecule has 1 aromatic heterocycles. The molecule has 0 fully saturated rings. The highest BCUT2D eigenvalue weighted by atomic mass is 16.2. The second-order valence-electron chi connectivity index (χ2n) is 2.85. The number of nitrogen functional groups attached to an aromatic ring is 1. The van der Waals surface area contributed by atoms with Crippen LogP contribution in [-0.4, -0.2) is 9.24 Å². The highest BCUT2D eigenvalue weighted by molar-refractivity contribution is 4.85. The summed E-state index contributed by atoms with van der Waals surface area (Å²) >= 11 is 0. The summed E-state index contributed by atoms with van der Waals surface area (Å²) in [5.41, 5.74) is -0.749. The van der Waals surface area contributed by atoms with Crippen molar-refractivity contribution in [1.82, 2.24) is 9.24 Å². The summed E-state index contributed by atoms with van der Waals surface area (Å²) < 4.78 is 2.06. The average molecular weight is 183 g/mol. The lowest BCUT2D eigenvalue weighted by molar-refractivity contribution is 0.564. The summed E-state index contributed by atoms with van der Waals surface area (Å²) in [4.78, 5) is 22.5. The Bertz CT molecular complexity index is 391. The van der Waals surface area contributed by atoms with Crippen LogP contribution in [0, 0.1) is 0 Å². The van der Waals surface area contributed by atoms with E-state index in [1.807, 2.05) is 6.92 Å². The van der Waals surface area contributed by atoms with Crippen molar-refractivity contribution in [2.75, 3.05) is 5.84 Å². The molecule has 0 radical (unpaired) electrons. The maximum Gasteiger partial charge on any atom is 0.349 e. The smallest absolute Gasteiger partial charge is 0.335 e. The van der Waals surface area contributed by atoms with Crippen LogP contribution in [0.25, 0.3) is 0 Å². The SMILES string of the molecule is CCCCn1c(=O)ccn(N)c1=O. The molecular formula is C8H13N3O2. The zero-order valence-electron chi connectivity index (χ0n) is 7.56. The van der Waals surface area contributed by atoms with E-state index in [0.717, 1.165) is 22.1 Å². The van der Waals surface area contributed by atoms with Gasteiger partial charge in [0.2, 0.25) is 0 Å². The molecule has 72 valence electrons. The zero-order valence-corrected chi connectivity index (χ0v) is 7.56. The maximum absolute atomic E-state index is 11.3. The van der Waals surface area contributed by atoms with Crippen LogP contribution in [0.15, 0.2) is 21.9 Å². The Morgan fingerprint density at radius 1 is 1.46 bits per heavy atom. The molecule has 2 N–H and O–H groups in total. The van der Waals surface area contributed by atoms with Crippen LogP contribution >= 0.6 is 0 Å². The molecule has 0 amide bonds. The molecule has 0 unspecified atom stereocenters. The second kappa shape index (κ2) is 3.93. The molecule has 0 atom stereocenters. The Morgan fingerprint density at radius 3 is 2.77 bits per heavy atom. The third-order valence-corrected chi connectivity index (χ3v) is 1.83. The van der Waals surface area contributed by atoms with Gasteiger partial charge in [0.1, 0.15) is 0 Å². The van der Waals surface area contributed by atoms with E-state index in [1.165, 1.54) is 12.3 Å². The van der Waals surface area contributed by atoms with Crippen molar-refractivity contribution in [3.05, 3.63) is 33.1 Å². The van der Waals surface area contributed by atoms with E-state index >= 15 is 0 Å². The number of rotatable bonds is 3. The highest BCUT2D eigenvalue weighted by Crippen LogP contribution is 1.87. The molecule has 0 aliphatic rings. The standard InChI is InChI=1S/C8H13N3O2/c1-2-3-5-10-7(12)4-6-11(9)8(10)13/h4,6H,2-3,5,9H2,1H3. The van der Waals surface area contributed by atoms with Gasteiger partial charge in [-0.2, -0.15) is 0 Å². The molecule has 5 heteroatoms. The van der Waals surface area contributed by atoms with Gasteiger partial charge in [0.25, 0.3) is 5.56 Å². The quantitative estimate of drug-likeness (QED) is 0.644. The lowest BCUT2D eigenvalue weighted by Gasteiger charge is -2.04. The monoisotopic (exact) mass is 183 g/mol. The van der Waals surface area contributed by atoms with Crippen molar-refractivity contribution in [3.8, 4) is 0 Å². The van der Waals surface area contributed by atoms with Crippen molar-refractivity contribution in [2.45, 2.75) is 26.3 Å². The van der Waals surface area contributed by atoms with E-state index < -0.39 is 5.69 Å². The Kier molecular flexibility index (Phi) is 2.89. The summed E-state index contributed by atoms with van der Waals surface area (Å²) in [6, 6.07) is 1.29. The van der Waals surface area contributed by atoms with Gasteiger partial charge in [-0.3, -0.25) is 9.36 Å².